The first-order valence-corrected chi connectivity index (χ1v) is 9.30. The van der Waals surface area contributed by atoms with Crippen molar-refractivity contribution in [1.82, 2.24) is 0 Å². The molecule has 0 rings (SSSR count). The Bertz CT molecular complexity index is 312. The summed E-state index contributed by atoms with van der Waals surface area (Å²) >= 11 is 0. The topological polar surface area (TPSA) is 52.6 Å². The molecule has 0 aromatic heterocycles. The molecule has 1 unspecified atom stereocenters. The Morgan fingerprint density at radius 3 is 2.13 bits per heavy atom. The van der Waals surface area contributed by atoms with Crippen molar-refractivity contribution in [2.24, 2.45) is 5.92 Å². The molecule has 0 bridgehead atoms. The van der Waals surface area contributed by atoms with Crippen LogP contribution in [0, 0.1) is 5.92 Å². The molecule has 23 heavy (non-hydrogen) atoms. The van der Waals surface area contributed by atoms with Crippen LogP contribution in [-0.4, -0.2) is 24.6 Å². The molecule has 0 aromatic carbocycles. The fourth-order valence-corrected chi connectivity index (χ4v) is 2.25. The van der Waals surface area contributed by atoms with Gasteiger partial charge in [0.1, 0.15) is 0 Å². The van der Waals surface area contributed by atoms with Gasteiger partial charge < -0.3 is 9.47 Å². The second kappa shape index (κ2) is 14.5. The van der Waals surface area contributed by atoms with Gasteiger partial charge in [-0.2, -0.15) is 0 Å². The third-order valence-electron chi connectivity index (χ3n) is 3.76. The molecular formula is C19H36O4. The van der Waals surface area contributed by atoms with Crippen molar-refractivity contribution in [3.8, 4) is 0 Å². The summed E-state index contributed by atoms with van der Waals surface area (Å²) in [6.07, 6.45) is 8.70. The van der Waals surface area contributed by atoms with Crippen LogP contribution in [0.1, 0.15) is 91.9 Å². The van der Waals surface area contributed by atoms with Gasteiger partial charge in [0.05, 0.1) is 12.7 Å². The van der Waals surface area contributed by atoms with Crippen LogP contribution in [0.25, 0.3) is 0 Å². The molecule has 0 spiro atoms. The molecule has 0 amide bonds. The first-order valence-electron chi connectivity index (χ1n) is 9.30. The summed E-state index contributed by atoms with van der Waals surface area (Å²) in [7, 11) is 0. The third-order valence-corrected chi connectivity index (χ3v) is 3.76. The Kier molecular flexibility index (Phi) is 13.9. The predicted molar refractivity (Wildman–Crippen MR) is 93.2 cm³/mol. The van der Waals surface area contributed by atoms with E-state index in [0.717, 1.165) is 25.7 Å². The largest absolute Gasteiger partial charge is 0.466 e. The zero-order valence-corrected chi connectivity index (χ0v) is 15.6. The van der Waals surface area contributed by atoms with E-state index in [-0.39, 0.29) is 24.5 Å². The van der Waals surface area contributed by atoms with Crippen molar-refractivity contribution in [2.75, 3.05) is 6.61 Å². The van der Waals surface area contributed by atoms with E-state index in [9.17, 15) is 9.59 Å². The molecule has 4 nitrogen and oxygen atoms in total. The first-order chi connectivity index (χ1) is 11.0. The van der Waals surface area contributed by atoms with Crippen molar-refractivity contribution in [3.05, 3.63) is 0 Å². The highest BCUT2D eigenvalue weighted by Crippen LogP contribution is 2.11. The zero-order valence-electron chi connectivity index (χ0n) is 15.6. The zero-order chi connectivity index (χ0) is 17.5. The van der Waals surface area contributed by atoms with Crippen LogP contribution in [0.5, 0.6) is 0 Å². The van der Waals surface area contributed by atoms with E-state index in [1.54, 1.807) is 0 Å². The lowest BCUT2D eigenvalue weighted by atomic mass is 10.1. The Hall–Kier alpha value is -1.06. The van der Waals surface area contributed by atoms with Crippen molar-refractivity contribution in [3.63, 3.8) is 0 Å². The van der Waals surface area contributed by atoms with Gasteiger partial charge in [0.15, 0.2) is 0 Å². The summed E-state index contributed by atoms with van der Waals surface area (Å²) in [6.45, 7) is 8.91. The van der Waals surface area contributed by atoms with E-state index in [0.29, 0.717) is 25.4 Å². The van der Waals surface area contributed by atoms with Gasteiger partial charge in [0.2, 0.25) is 0 Å². The molecule has 0 N–H and O–H groups in total. The Morgan fingerprint density at radius 1 is 0.826 bits per heavy atom. The fourth-order valence-electron chi connectivity index (χ4n) is 2.25. The summed E-state index contributed by atoms with van der Waals surface area (Å²) in [4.78, 5) is 23.2. The standard InChI is InChI=1S/C19H36O4/c1-5-6-7-8-9-15-22-18(20)11-10-12-19(21)23-17(4)14-13-16(2)3/h16-17H,5-15H2,1-4H3. The maximum absolute atomic E-state index is 11.7. The monoisotopic (exact) mass is 328 g/mol. The molecule has 0 fully saturated rings. The lowest BCUT2D eigenvalue weighted by Gasteiger charge is -2.14. The van der Waals surface area contributed by atoms with Crippen LogP contribution >= 0.6 is 0 Å². The normalized spacial score (nSPS) is 12.2. The van der Waals surface area contributed by atoms with E-state index < -0.39 is 0 Å². The van der Waals surface area contributed by atoms with Gasteiger partial charge in [-0.15, -0.1) is 0 Å². The highest BCUT2D eigenvalue weighted by Gasteiger charge is 2.11. The smallest absolute Gasteiger partial charge is 0.306 e. The minimum Gasteiger partial charge on any atom is -0.466 e. The minimum atomic E-state index is -0.214. The lowest BCUT2D eigenvalue weighted by molar-refractivity contribution is -0.149. The van der Waals surface area contributed by atoms with Crippen LogP contribution in [0.15, 0.2) is 0 Å². The Balaban J connectivity index is 3.53. The van der Waals surface area contributed by atoms with Crippen molar-refractivity contribution in [1.29, 1.82) is 0 Å². The Labute approximate surface area is 142 Å². The molecule has 0 aliphatic heterocycles. The number of ether oxygens (including phenoxy) is 2. The van der Waals surface area contributed by atoms with Gasteiger partial charge in [-0.05, 0) is 38.5 Å². The van der Waals surface area contributed by atoms with E-state index in [4.69, 9.17) is 9.47 Å². The van der Waals surface area contributed by atoms with E-state index in [1.165, 1.54) is 19.3 Å². The van der Waals surface area contributed by atoms with E-state index >= 15 is 0 Å². The highest BCUT2D eigenvalue weighted by molar-refractivity contribution is 5.72. The number of hydrogen-bond acceptors (Lipinski definition) is 4. The number of hydrogen-bond donors (Lipinski definition) is 0. The molecule has 4 heteroatoms. The van der Waals surface area contributed by atoms with Gasteiger partial charge in [-0.25, -0.2) is 0 Å². The SMILES string of the molecule is CCCCCCCOC(=O)CCCC(=O)OC(C)CCC(C)C. The van der Waals surface area contributed by atoms with Crippen LogP contribution in [0.3, 0.4) is 0 Å². The van der Waals surface area contributed by atoms with Crippen LogP contribution < -0.4 is 0 Å². The van der Waals surface area contributed by atoms with E-state index in [1.807, 2.05) is 6.92 Å². The Morgan fingerprint density at radius 2 is 1.48 bits per heavy atom. The average Bonchev–Trinajstić information content (AvgIpc) is 2.48. The third kappa shape index (κ3) is 15.6. The summed E-state index contributed by atoms with van der Waals surface area (Å²) in [5.41, 5.74) is 0. The second-order valence-corrected chi connectivity index (χ2v) is 6.76. The van der Waals surface area contributed by atoms with Crippen LogP contribution in [0.4, 0.5) is 0 Å². The highest BCUT2D eigenvalue weighted by atomic mass is 16.5. The van der Waals surface area contributed by atoms with Crippen LogP contribution in [0.2, 0.25) is 0 Å². The molecular weight excluding hydrogens is 292 g/mol. The number of unbranched alkanes of at least 4 members (excludes halogenated alkanes) is 4. The van der Waals surface area contributed by atoms with Crippen molar-refractivity contribution < 1.29 is 19.1 Å². The molecule has 0 heterocycles. The van der Waals surface area contributed by atoms with Gasteiger partial charge in [0, 0.05) is 12.8 Å². The summed E-state index contributed by atoms with van der Waals surface area (Å²) in [5, 5.41) is 0. The second-order valence-electron chi connectivity index (χ2n) is 6.76. The first kappa shape index (κ1) is 21.9. The van der Waals surface area contributed by atoms with Gasteiger partial charge in [0.25, 0.3) is 0 Å². The summed E-state index contributed by atoms with van der Waals surface area (Å²) in [5.74, 6) is 0.197. The molecule has 0 saturated heterocycles. The number of rotatable bonds is 14. The van der Waals surface area contributed by atoms with Gasteiger partial charge >= 0.3 is 11.9 Å². The number of carbonyl (C=O) groups is 2. The molecule has 0 radical (unpaired) electrons. The fraction of sp³-hybridized carbons (Fsp3) is 0.895. The average molecular weight is 328 g/mol. The number of carbonyl (C=O) groups excluding carboxylic acids is 2. The van der Waals surface area contributed by atoms with Crippen molar-refractivity contribution in [2.45, 2.75) is 98.0 Å². The maximum Gasteiger partial charge on any atom is 0.306 e. The molecule has 1 atom stereocenters. The number of esters is 2. The maximum atomic E-state index is 11.7. The van der Waals surface area contributed by atoms with Crippen molar-refractivity contribution >= 4 is 11.9 Å². The van der Waals surface area contributed by atoms with Gasteiger partial charge in [-0.3, -0.25) is 9.59 Å². The minimum absolute atomic E-state index is 0.0417. The predicted octanol–water partition coefficient (Wildman–Crippen LogP) is 5.04. The lowest BCUT2D eigenvalue weighted by Crippen LogP contribution is -2.16. The van der Waals surface area contributed by atoms with E-state index in [2.05, 4.69) is 20.8 Å². The molecule has 0 aromatic rings. The molecule has 136 valence electrons. The molecule has 0 aliphatic carbocycles. The molecule has 0 saturated carbocycles. The summed E-state index contributed by atoms with van der Waals surface area (Å²) < 4.78 is 10.5. The summed E-state index contributed by atoms with van der Waals surface area (Å²) in [6, 6.07) is 0. The van der Waals surface area contributed by atoms with Gasteiger partial charge in [-0.1, -0.05) is 46.5 Å². The quantitative estimate of drug-likeness (QED) is 0.331. The molecule has 0 aliphatic rings. The van der Waals surface area contributed by atoms with Crippen LogP contribution in [-0.2, 0) is 19.1 Å².